The molecule has 19 nitrogen and oxygen atoms in total. The molecule has 0 saturated carbocycles. The van der Waals surface area contributed by atoms with Crippen molar-refractivity contribution in [2.75, 3.05) is 26.4 Å². The van der Waals surface area contributed by atoms with Crippen LogP contribution in [0.2, 0.25) is 0 Å². The molecule has 3 heterocycles. The lowest BCUT2D eigenvalue weighted by Gasteiger charge is -2.48. The molecule has 19 heteroatoms. The highest BCUT2D eigenvalue weighted by Crippen LogP contribution is 2.33. The largest absolute Gasteiger partial charge is 0.394 e. The van der Waals surface area contributed by atoms with Crippen molar-refractivity contribution in [1.82, 2.24) is 5.32 Å². The van der Waals surface area contributed by atoms with E-state index in [0.717, 1.165) is 51.4 Å². The minimum Gasteiger partial charge on any atom is -0.394 e. The molecule has 0 aliphatic carbocycles. The summed E-state index contributed by atoms with van der Waals surface area (Å²) in [5.74, 6) is -0.239. The van der Waals surface area contributed by atoms with Gasteiger partial charge in [-0.25, -0.2) is 0 Å². The van der Waals surface area contributed by atoms with Crippen molar-refractivity contribution < 1.29 is 89.4 Å². The van der Waals surface area contributed by atoms with Gasteiger partial charge < -0.3 is 89.9 Å². The van der Waals surface area contributed by atoms with Crippen molar-refractivity contribution in [3.05, 3.63) is 24.3 Å². The topological polar surface area (TPSA) is 307 Å². The summed E-state index contributed by atoms with van der Waals surface area (Å²) in [7, 11) is 0. The fraction of sp³-hybridized carbons (Fsp3) is 0.929. The Hall–Kier alpha value is -1.73. The van der Waals surface area contributed by atoms with E-state index in [9.17, 15) is 61.0 Å². The molecule has 0 aromatic heterocycles. The molecule has 3 aliphatic heterocycles. The van der Waals surface area contributed by atoms with Crippen molar-refractivity contribution in [3.63, 3.8) is 0 Å². The van der Waals surface area contributed by atoms with Crippen molar-refractivity contribution >= 4 is 5.91 Å². The van der Waals surface area contributed by atoms with Crippen LogP contribution in [0.3, 0.4) is 0 Å². The van der Waals surface area contributed by atoms with Crippen molar-refractivity contribution in [2.45, 2.75) is 388 Å². The van der Waals surface area contributed by atoms with Crippen molar-refractivity contribution in [2.24, 2.45) is 0 Å². The molecule has 0 spiro atoms. The van der Waals surface area contributed by atoms with E-state index in [1.807, 2.05) is 0 Å². The van der Waals surface area contributed by atoms with Crippen LogP contribution in [0.4, 0.5) is 0 Å². The summed E-state index contributed by atoms with van der Waals surface area (Å²) in [5.41, 5.74) is 0. The van der Waals surface area contributed by atoms with E-state index in [4.69, 9.17) is 28.4 Å². The van der Waals surface area contributed by atoms with Gasteiger partial charge >= 0.3 is 0 Å². The van der Waals surface area contributed by atoms with E-state index >= 15 is 0 Å². The third-order valence-electron chi connectivity index (χ3n) is 18.3. The Balaban J connectivity index is 1.38. The summed E-state index contributed by atoms with van der Waals surface area (Å²) in [4.78, 5) is 13.4. The van der Waals surface area contributed by atoms with E-state index < -0.39 is 124 Å². The first-order valence-corrected chi connectivity index (χ1v) is 36.1. The molecular weight excluding hydrogens is 1140 g/mol. The number of amides is 1. The minimum atomic E-state index is -1.97. The smallest absolute Gasteiger partial charge is 0.220 e. The van der Waals surface area contributed by atoms with E-state index in [0.29, 0.717) is 12.8 Å². The molecule has 12 N–H and O–H groups in total. The van der Waals surface area contributed by atoms with Crippen LogP contribution in [-0.4, -0.2) is 193 Å². The van der Waals surface area contributed by atoms with Gasteiger partial charge in [0.2, 0.25) is 5.91 Å². The van der Waals surface area contributed by atoms with E-state index in [-0.39, 0.29) is 18.9 Å². The summed E-state index contributed by atoms with van der Waals surface area (Å²) in [6.45, 7) is 1.81. The summed E-state index contributed by atoms with van der Waals surface area (Å²) in [5, 5.41) is 121. The zero-order valence-corrected chi connectivity index (χ0v) is 55.4. The lowest BCUT2D eigenvalue weighted by Crippen LogP contribution is -2.66. The molecule has 524 valence electrons. The van der Waals surface area contributed by atoms with Gasteiger partial charge in [0.25, 0.3) is 0 Å². The fourth-order valence-electron chi connectivity index (χ4n) is 12.4. The number of nitrogens with one attached hydrogen (secondary N) is 1. The Morgan fingerprint density at radius 2 is 0.742 bits per heavy atom. The number of unbranched alkanes of at least 4 members (excludes halogenated alkanes) is 36. The normalized spacial score (nSPS) is 28.3. The average Bonchev–Trinajstić information content (AvgIpc) is 2.42. The second kappa shape index (κ2) is 52.5. The van der Waals surface area contributed by atoms with Gasteiger partial charge in [-0.1, -0.05) is 256 Å². The lowest BCUT2D eigenvalue weighted by molar-refractivity contribution is -0.379. The van der Waals surface area contributed by atoms with Gasteiger partial charge in [0.05, 0.1) is 38.6 Å². The number of ether oxygens (including phenoxy) is 6. The second-order valence-corrected chi connectivity index (χ2v) is 26.1. The van der Waals surface area contributed by atoms with Gasteiger partial charge in [0, 0.05) is 6.42 Å². The molecule has 89 heavy (non-hydrogen) atoms. The van der Waals surface area contributed by atoms with Gasteiger partial charge in [-0.2, -0.15) is 0 Å². The molecule has 3 fully saturated rings. The minimum absolute atomic E-state index is 0.239. The molecular formula is C70H131NO18. The van der Waals surface area contributed by atoms with Gasteiger partial charge in [0.1, 0.15) is 73.2 Å². The van der Waals surface area contributed by atoms with Crippen LogP contribution < -0.4 is 5.32 Å². The average molecular weight is 1270 g/mol. The summed E-state index contributed by atoms with van der Waals surface area (Å²) in [6, 6.07) is -0.885. The van der Waals surface area contributed by atoms with Crippen LogP contribution in [0.15, 0.2) is 24.3 Å². The maximum atomic E-state index is 13.4. The van der Waals surface area contributed by atoms with Crippen LogP contribution in [0.5, 0.6) is 0 Å². The predicted molar refractivity (Wildman–Crippen MR) is 346 cm³/mol. The number of carbonyl (C=O) groups is 1. The summed E-state index contributed by atoms with van der Waals surface area (Å²) in [6.07, 6.45) is 32.6. The molecule has 0 aromatic rings. The highest BCUT2D eigenvalue weighted by atomic mass is 16.8. The van der Waals surface area contributed by atoms with Crippen LogP contribution in [0.25, 0.3) is 0 Å². The van der Waals surface area contributed by atoms with Crippen molar-refractivity contribution in [3.8, 4) is 0 Å². The molecule has 0 radical (unpaired) electrons. The number of carbonyl (C=O) groups excluding carboxylic acids is 1. The Labute approximate surface area is 537 Å². The van der Waals surface area contributed by atoms with E-state index in [1.54, 1.807) is 0 Å². The number of hydrogen-bond donors (Lipinski definition) is 12. The Morgan fingerprint density at radius 1 is 0.404 bits per heavy atom. The van der Waals surface area contributed by atoms with E-state index in [1.165, 1.54) is 199 Å². The van der Waals surface area contributed by atoms with Crippen LogP contribution in [0, 0.1) is 0 Å². The Kier molecular flexibility index (Phi) is 48.1. The molecule has 17 atom stereocenters. The summed E-state index contributed by atoms with van der Waals surface area (Å²) < 4.78 is 34.4. The van der Waals surface area contributed by atoms with Gasteiger partial charge in [-0.05, 0) is 44.9 Å². The monoisotopic (exact) mass is 1270 g/mol. The fourth-order valence-corrected chi connectivity index (χ4v) is 12.4. The molecule has 17 unspecified atom stereocenters. The second-order valence-electron chi connectivity index (χ2n) is 26.1. The zero-order chi connectivity index (χ0) is 64.7. The highest BCUT2D eigenvalue weighted by Gasteiger charge is 2.53. The third-order valence-corrected chi connectivity index (χ3v) is 18.3. The molecule has 3 rings (SSSR count). The molecule has 3 saturated heterocycles. The number of hydrogen-bond acceptors (Lipinski definition) is 18. The first-order valence-electron chi connectivity index (χ1n) is 36.1. The Bertz CT molecular complexity index is 1710. The molecule has 3 aliphatic rings. The maximum absolute atomic E-state index is 13.4. The lowest BCUT2D eigenvalue weighted by atomic mass is 9.96. The molecule has 0 aromatic carbocycles. The van der Waals surface area contributed by atoms with Gasteiger partial charge in [-0.3, -0.25) is 4.79 Å². The summed E-state index contributed by atoms with van der Waals surface area (Å²) >= 11 is 0. The molecule has 0 bridgehead atoms. The standard InChI is InChI=1S/C70H131NO18/c1-3-5-7-9-11-13-15-17-19-20-21-22-23-24-25-26-27-28-29-30-31-32-34-36-38-40-42-44-46-48-58(76)71-53(54(75)47-45-43-41-39-37-35-33-18-16-14-12-10-8-6-4-2)52-84-68-64(82)61(79)66(56(50-73)86-68)89-70-65(83)62(80)67(57(51-74)87-70)88-69-63(81)60(78)59(77)55(49-72)85-69/h15,17,20-21,53-57,59-70,72-75,77-83H,3-14,16,18-19,22-52H2,1-2H3,(H,71,76)/b17-15-,21-20-. The SMILES string of the molecule is CCCCCCC/C=C\C/C=C\CCCCCCCCCCCCCCCCCCCC(=O)NC(COC1OC(CO)C(OC2OC(CO)C(OC3OC(CO)C(O)C(O)C3O)C(O)C2O)C(O)C1O)C(O)CCCCCCCCCCCCCCCCC. The predicted octanol–water partition coefficient (Wildman–Crippen LogP) is 9.83. The van der Waals surface area contributed by atoms with Crippen LogP contribution in [-0.2, 0) is 33.2 Å². The van der Waals surface area contributed by atoms with Gasteiger partial charge in [0.15, 0.2) is 18.9 Å². The Morgan fingerprint density at radius 3 is 1.15 bits per heavy atom. The van der Waals surface area contributed by atoms with Crippen LogP contribution >= 0.6 is 0 Å². The quantitative estimate of drug-likeness (QED) is 0.0199. The molecule has 1 amide bonds. The third kappa shape index (κ3) is 34.5. The van der Waals surface area contributed by atoms with E-state index in [2.05, 4.69) is 43.5 Å². The van der Waals surface area contributed by atoms with Crippen LogP contribution in [0.1, 0.15) is 284 Å². The highest BCUT2D eigenvalue weighted by molar-refractivity contribution is 5.76. The number of aliphatic hydroxyl groups is 11. The first kappa shape index (κ1) is 81.5. The zero-order valence-electron chi connectivity index (χ0n) is 55.4. The number of allylic oxidation sites excluding steroid dienone is 4. The van der Waals surface area contributed by atoms with Gasteiger partial charge in [-0.15, -0.1) is 0 Å². The number of aliphatic hydroxyl groups excluding tert-OH is 11. The van der Waals surface area contributed by atoms with Crippen molar-refractivity contribution in [1.29, 1.82) is 0 Å². The maximum Gasteiger partial charge on any atom is 0.220 e. The number of rotatable bonds is 56. The first-order chi connectivity index (χ1) is 43.3.